The summed E-state index contributed by atoms with van der Waals surface area (Å²) in [7, 11) is 0. The molecule has 1 unspecified atom stereocenters. The molecule has 0 amide bonds. The number of rotatable bonds is 4. The highest BCUT2D eigenvalue weighted by Crippen LogP contribution is 2.23. The van der Waals surface area contributed by atoms with Crippen LogP contribution in [0.2, 0.25) is 0 Å². The molecular formula is C11H10ClFN4O2. The van der Waals surface area contributed by atoms with Crippen molar-refractivity contribution in [2.24, 2.45) is 0 Å². The van der Waals surface area contributed by atoms with Gasteiger partial charge in [-0.3, -0.25) is 10.1 Å². The lowest BCUT2D eigenvalue weighted by Gasteiger charge is -2.01. The number of halogens is 2. The molecule has 2 aromatic rings. The van der Waals surface area contributed by atoms with E-state index < -0.39 is 16.4 Å². The van der Waals surface area contributed by atoms with E-state index in [2.05, 4.69) is 10.3 Å². The first-order valence-corrected chi connectivity index (χ1v) is 5.97. The molecule has 8 heteroatoms. The van der Waals surface area contributed by atoms with Crippen LogP contribution in [0.5, 0.6) is 0 Å². The lowest BCUT2D eigenvalue weighted by molar-refractivity contribution is -0.387. The van der Waals surface area contributed by atoms with E-state index in [4.69, 9.17) is 11.6 Å². The fourth-order valence-electron chi connectivity index (χ4n) is 1.54. The molecule has 1 heterocycles. The number of nitrogens with zero attached hydrogens (tertiary/aromatic N) is 4. The van der Waals surface area contributed by atoms with Gasteiger partial charge in [-0.05, 0) is 12.5 Å². The van der Waals surface area contributed by atoms with Crippen LogP contribution in [0.4, 0.5) is 10.1 Å². The zero-order valence-electron chi connectivity index (χ0n) is 9.96. The van der Waals surface area contributed by atoms with Crippen molar-refractivity contribution in [1.82, 2.24) is 15.0 Å². The van der Waals surface area contributed by atoms with Gasteiger partial charge in [-0.15, -0.1) is 16.7 Å². The molecule has 0 bridgehead atoms. The number of hydrogen-bond donors (Lipinski definition) is 0. The average Bonchev–Trinajstić information content (AvgIpc) is 2.86. The van der Waals surface area contributed by atoms with E-state index in [1.54, 1.807) is 6.20 Å². The zero-order valence-corrected chi connectivity index (χ0v) is 10.7. The van der Waals surface area contributed by atoms with Crippen LogP contribution in [-0.4, -0.2) is 19.9 Å². The van der Waals surface area contributed by atoms with Gasteiger partial charge in [-0.1, -0.05) is 12.1 Å². The normalized spacial score (nSPS) is 12.4. The van der Waals surface area contributed by atoms with Crippen LogP contribution in [0.15, 0.2) is 24.4 Å². The summed E-state index contributed by atoms with van der Waals surface area (Å²) < 4.78 is 14.8. The number of alkyl halides is 1. The first-order chi connectivity index (χ1) is 9.02. The molecule has 0 fully saturated rings. The third kappa shape index (κ3) is 2.70. The maximum Gasteiger partial charge on any atom is 0.304 e. The lowest BCUT2D eigenvalue weighted by Crippen LogP contribution is -1.98. The van der Waals surface area contributed by atoms with Crippen molar-refractivity contribution >= 4 is 17.3 Å². The van der Waals surface area contributed by atoms with Crippen molar-refractivity contribution in [1.29, 1.82) is 0 Å². The van der Waals surface area contributed by atoms with Gasteiger partial charge in [0.1, 0.15) is 5.69 Å². The highest BCUT2D eigenvalue weighted by molar-refractivity contribution is 6.20. The summed E-state index contributed by atoms with van der Waals surface area (Å²) >= 11 is 6.01. The Labute approximate surface area is 113 Å². The first-order valence-electron chi connectivity index (χ1n) is 5.53. The molecule has 0 saturated heterocycles. The fraction of sp³-hybridized carbons (Fsp3) is 0.273. The van der Waals surface area contributed by atoms with Crippen LogP contribution in [0.3, 0.4) is 0 Å². The van der Waals surface area contributed by atoms with Crippen LogP contribution in [0.25, 0.3) is 5.69 Å². The summed E-state index contributed by atoms with van der Waals surface area (Å²) in [4.78, 5) is 9.74. The van der Waals surface area contributed by atoms with Crippen molar-refractivity contribution in [2.45, 2.75) is 18.7 Å². The smallest absolute Gasteiger partial charge is 0.258 e. The second-order valence-corrected chi connectivity index (χ2v) is 4.38. The van der Waals surface area contributed by atoms with Gasteiger partial charge in [0.15, 0.2) is 0 Å². The summed E-state index contributed by atoms with van der Waals surface area (Å²) in [6.07, 6.45) is 2.26. The topological polar surface area (TPSA) is 73.8 Å². The van der Waals surface area contributed by atoms with Gasteiger partial charge in [-0.2, -0.15) is 4.39 Å². The molecule has 0 aliphatic rings. The van der Waals surface area contributed by atoms with Gasteiger partial charge < -0.3 is 0 Å². The predicted molar refractivity (Wildman–Crippen MR) is 66.9 cm³/mol. The maximum atomic E-state index is 13.5. The number of nitro groups is 1. The number of nitro benzene ring substituents is 1. The monoisotopic (exact) mass is 284 g/mol. The highest BCUT2D eigenvalue weighted by atomic mass is 35.5. The van der Waals surface area contributed by atoms with Crippen molar-refractivity contribution in [3.05, 3.63) is 46.0 Å². The summed E-state index contributed by atoms with van der Waals surface area (Å²) in [5, 5.41) is 17.9. The largest absolute Gasteiger partial charge is 0.304 e. The minimum atomic E-state index is -0.919. The van der Waals surface area contributed by atoms with Crippen LogP contribution in [0, 0.1) is 15.9 Å². The Morgan fingerprint density at radius 2 is 2.32 bits per heavy atom. The van der Waals surface area contributed by atoms with Gasteiger partial charge >= 0.3 is 5.69 Å². The third-order valence-electron chi connectivity index (χ3n) is 2.58. The van der Waals surface area contributed by atoms with Crippen LogP contribution >= 0.6 is 11.6 Å². The Bertz CT molecular complexity index is 616. The Morgan fingerprint density at radius 3 is 2.89 bits per heavy atom. The van der Waals surface area contributed by atoms with Gasteiger partial charge in [0.25, 0.3) is 0 Å². The SMILES string of the molecule is CCC(Cl)c1cn(-c2ccc([N+](=O)[O-])c(F)c2)nn1. The molecule has 2 rings (SSSR count). The zero-order chi connectivity index (χ0) is 14.0. The predicted octanol–water partition coefficient (Wildman–Crippen LogP) is 3.00. The van der Waals surface area contributed by atoms with E-state index in [-0.39, 0.29) is 5.38 Å². The average molecular weight is 285 g/mol. The van der Waals surface area contributed by atoms with Crippen LogP contribution in [0.1, 0.15) is 24.4 Å². The summed E-state index contributed by atoms with van der Waals surface area (Å²) in [5.74, 6) is -0.919. The summed E-state index contributed by atoms with van der Waals surface area (Å²) in [6, 6.07) is 3.52. The van der Waals surface area contributed by atoms with E-state index in [0.717, 1.165) is 12.1 Å². The Balaban J connectivity index is 2.35. The Morgan fingerprint density at radius 1 is 1.58 bits per heavy atom. The molecule has 0 aliphatic heterocycles. The molecule has 0 radical (unpaired) electrons. The molecule has 1 aromatic heterocycles. The van der Waals surface area contributed by atoms with E-state index in [0.29, 0.717) is 17.8 Å². The molecule has 1 atom stereocenters. The van der Waals surface area contributed by atoms with Crippen LogP contribution in [-0.2, 0) is 0 Å². The third-order valence-corrected chi connectivity index (χ3v) is 3.12. The Kier molecular flexibility index (Phi) is 3.75. The molecular weight excluding hydrogens is 275 g/mol. The molecule has 19 heavy (non-hydrogen) atoms. The summed E-state index contributed by atoms with van der Waals surface area (Å²) in [5.41, 5.74) is 0.345. The lowest BCUT2D eigenvalue weighted by atomic mass is 10.2. The molecule has 1 aromatic carbocycles. The first kappa shape index (κ1) is 13.4. The van der Waals surface area contributed by atoms with E-state index in [1.807, 2.05) is 6.92 Å². The number of aromatic nitrogens is 3. The molecule has 100 valence electrons. The second-order valence-electron chi connectivity index (χ2n) is 3.86. The second kappa shape index (κ2) is 5.31. The number of benzene rings is 1. The van der Waals surface area contributed by atoms with E-state index >= 15 is 0 Å². The van der Waals surface area contributed by atoms with Crippen LogP contribution < -0.4 is 0 Å². The fourth-order valence-corrected chi connectivity index (χ4v) is 1.64. The molecule has 0 spiro atoms. The molecule has 0 N–H and O–H groups in total. The molecule has 0 saturated carbocycles. The Hall–Kier alpha value is -2.02. The van der Waals surface area contributed by atoms with Gasteiger partial charge in [0.2, 0.25) is 5.82 Å². The summed E-state index contributed by atoms with van der Waals surface area (Å²) in [6.45, 7) is 1.90. The van der Waals surface area contributed by atoms with Crippen molar-refractivity contribution in [3.8, 4) is 5.69 Å². The van der Waals surface area contributed by atoms with Crippen molar-refractivity contribution < 1.29 is 9.31 Å². The molecule has 0 aliphatic carbocycles. The minimum Gasteiger partial charge on any atom is -0.258 e. The molecule has 6 nitrogen and oxygen atoms in total. The van der Waals surface area contributed by atoms with Gasteiger partial charge in [0, 0.05) is 12.1 Å². The van der Waals surface area contributed by atoms with Crippen molar-refractivity contribution in [3.63, 3.8) is 0 Å². The van der Waals surface area contributed by atoms with Gasteiger partial charge in [0.05, 0.1) is 22.2 Å². The van der Waals surface area contributed by atoms with Gasteiger partial charge in [-0.25, -0.2) is 4.68 Å². The van der Waals surface area contributed by atoms with Crippen molar-refractivity contribution in [2.75, 3.05) is 0 Å². The minimum absolute atomic E-state index is 0.267. The van der Waals surface area contributed by atoms with E-state index in [9.17, 15) is 14.5 Å². The number of hydrogen-bond acceptors (Lipinski definition) is 4. The maximum absolute atomic E-state index is 13.5. The van der Waals surface area contributed by atoms with E-state index in [1.165, 1.54) is 10.7 Å². The highest BCUT2D eigenvalue weighted by Gasteiger charge is 2.16. The standard InChI is InChI=1S/C11H10ClFN4O2/c1-2-8(12)10-6-16(15-14-10)7-3-4-11(17(18)19)9(13)5-7/h3-6,8H,2H2,1H3. The quantitative estimate of drug-likeness (QED) is 0.491.